The van der Waals surface area contributed by atoms with Crippen LogP contribution in [-0.2, 0) is 4.79 Å². The van der Waals surface area contributed by atoms with Gasteiger partial charge in [-0.1, -0.05) is 42.5 Å². The molecule has 2 N–H and O–H groups in total. The van der Waals surface area contributed by atoms with Crippen LogP contribution in [0.4, 0.5) is 0 Å². The number of hydrogen-bond donors (Lipinski definition) is 2. The van der Waals surface area contributed by atoms with Gasteiger partial charge in [0.2, 0.25) is 0 Å². The molecule has 0 heterocycles. The highest BCUT2D eigenvalue weighted by atomic mass is 16.4. The number of hydrogen-bond acceptors (Lipinski definition) is 2. The van der Waals surface area contributed by atoms with Crippen LogP contribution in [0.5, 0.6) is 0 Å². The van der Waals surface area contributed by atoms with Crippen molar-refractivity contribution in [1.29, 1.82) is 0 Å². The molecule has 0 amide bonds. The molecular formula is C13H12O3. The van der Waals surface area contributed by atoms with Gasteiger partial charge in [-0.3, -0.25) is 4.79 Å². The van der Waals surface area contributed by atoms with E-state index in [9.17, 15) is 4.79 Å². The van der Waals surface area contributed by atoms with Gasteiger partial charge in [0.05, 0.1) is 6.61 Å². The molecule has 1 atom stereocenters. The molecule has 82 valence electrons. The summed E-state index contributed by atoms with van der Waals surface area (Å²) in [5.74, 6) is -1.86. The molecule has 16 heavy (non-hydrogen) atoms. The average molecular weight is 216 g/mol. The standard InChI is InChI=1S/C13H12O3/c14-8-12(13(15)16)11-7-3-5-9-4-1-2-6-10(9)11/h1-7,12,14H,8H2,(H,15,16)/t12-/m0/s1. The Morgan fingerprint density at radius 2 is 1.81 bits per heavy atom. The monoisotopic (exact) mass is 216 g/mol. The number of rotatable bonds is 3. The van der Waals surface area contributed by atoms with E-state index in [-0.39, 0.29) is 6.61 Å². The molecule has 0 aromatic heterocycles. The number of carbonyl (C=O) groups is 1. The maximum absolute atomic E-state index is 11.0. The minimum atomic E-state index is -1.00. The lowest BCUT2D eigenvalue weighted by Gasteiger charge is -2.12. The fourth-order valence-corrected chi connectivity index (χ4v) is 1.86. The van der Waals surface area contributed by atoms with Gasteiger partial charge in [-0.25, -0.2) is 0 Å². The Morgan fingerprint density at radius 3 is 2.50 bits per heavy atom. The maximum Gasteiger partial charge on any atom is 0.313 e. The van der Waals surface area contributed by atoms with E-state index >= 15 is 0 Å². The number of aliphatic hydroxyl groups excluding tert-OH is 1. The lowest BCUT2D eigenvalue weighted by Crippen LogP contribution is -2.15. The smallest absolute Gasteiger partial charge is 0.313 e. The van der Waals surface area contributed by atoms with Gasteiger partial charge >= 0.3 is 5.97 Å². The van der Waals surface area contributed by atoms with Crippen LogP contribution in [-0.4, -0.2) is 22.8 Å². The zero-order chi connectivity index (χ0) is 11.5. The van der Waals surface area contributed by atoms with Gasteiger partial charge in [0.1, 0.15) is 5.92 Å². The van der Waals surface area contributed by atoms with Crippen molar-refractivity contribution in [2.45, 2.75) is 5.92 Å². The number of benzene rings is 2. The van der Waals surface area contributed by atoms with Gasteiger partial charge in [0, 0.05) is 0 Å². The molecule has 3 heteroatoms. The summed E-state index contributed by atoms with van der Waals surface area (Å²) in [6.07, 6.45) is 0. The summed E-state index contributed by atoms with van der Waals surface area (Å²) in [5.41, 5.74) is 0.660. The molecule has 0 aliphatic carbocycles. The molecular weight excluding hydrogens is 204 g/mol. The van der Waals surface area contributed by atoms with Crippen LogP contribution in [0.15, 0.2) is 42.5 Å². The molecule has 2 rings (SSSR count). The van der Waals surface area contributed by atoms with Gasteiger partial charge in [0.25, 0.3) is 0 Å². The zero-order valence-corrected chi connectivity index (χ0v) is 8.63. The highest BCUT2D eigenvalue weighted by Gasteiger charge is 2.20. The number of fused-ring (bicyclic) bond motifs is 1. The third-order valence-electron chi connectivity index (χ3n) is 2.68. The first-order chi connectivity index (χ1) is 7.74. The Hall–Kier alpha value is -1.87. The zero-order valence-electron chi connectivity index (χ0n) is 8.63. The van der Waals surface area contributed by atoms with E-state index in [1.54, 1.807) is 6.07 Å². The molecule has 0 radical (unpaired) electrons. The first-order valence-electron chi connectivity index (χ1n) is 5.05. The van der Waals surface area contributed by atoms with Gasteiger partial charge in [-0.15, -0.1) is 0 Å². The van der Waals surface area contributed by atoms with Gasteiger partial charge in [-0.2, -0.15) is 0 Å². The molecule has 2 aromatic carbocycles. The van der Waals surface area contributed by atoms with Crippen molar-refractivity contribution >= 4 is 16.7 Å². The van der Waals surface area contributed by atoms with Gasteiger partial charge in [-0.05, 0) is 16.3 Å². The van der Waals surface area contributed by atoms with Gasteiger partial charge in [0.15, 0.2) is 0 Å². The lowest BCUT2D eigenvalue weighted by atomic mass is 9.94. The molecule has 0 saturated heterocycles. The second-order valence-corrected chi connectivity index (χ2v) is 3.64. The quantitative estimate of drug-likeness (QED) is 0.825. The fourth-order valence-electron chi connectivity index (χ4n) is 1.86. The number of carboxylic acid groups (broad SMARTS) is 1. The molecule has 0 aliphatic heterocycles. The molecule has 0 fully saturated rings. The number of aliphatic hydroxyl groups is 1. The Labute approximate surface area is 93.0 Å². The topological polar surface area (TPSA) is 57.5 Å². The molecule has 0 saturated carbocycles. The summed E-state index contributed by atoms with van der Waals surface area (Å²) in [6.45, 7) is -0.386. The van der Waals surface area contributed by atoms with E-state index in [2.05, 4.69) is 0 Å². The van der Waals surface area contributed by atoms with Gasteiger partial charge < -0.3 is 10.2 Å². The van der Waals surface area contributed by atoms with Crippen molar-refractivity contribution in [2.75, 3.05) is 6.61 Å². The van der Waals surface area contributed by atoms with Crippen molar-refractivity contribution < 1.29 is 15.0 Å². The van der Waals surface area contributed by atoms with Crippen LogP contribution in [0.2, 0.25) is 0 Å². The third-order valence-corrected chi connectivity index (χ3v) is 2.68. The van der Waals surface area contributed by atoms with Crippen LogP contribution in [0.3, 0.4) is 0 Å². The highest BCUT2D eigenvalue weighted by molar-refractivity contribution is 5.90. The Kier molecular flexibility index (Phi) is 2.88. The summed E-state index contributed by atoms with van der Waals surface area (Å²) in [6, 6.07) is 13.0. The van der Waals surface area contributed by atoms with Crippen LogP contribution in [0.1, 0.15) is 11.5 Å². The van der Waals surface area contributed by atoms with Crippen molar-refractivity contribution in [3.05, 3.63) is 48.0 Å². The van der Waals surface area contributed by atoms with Crippen molar-refractivity contribution in [2.24, 2.45) is 0 Å². The normalized spacial score (nSPS) is 12.6. The minimum Gasteiger partial charge on any atom is -0.481 e. The van der Waals surface area contributed by atoms with Crippen LogP contribution >= 0.6 is 0 Å². The summed E-state index contributed by atoms with van der Waals surface area (Å²) in [5, 5.41) is 20.0. The lowest BCUT2D eigenvalue weighted by molar-refractivity contribution is -0.139. The summed E-state index contributed by atoms with van der Waals surface area (Å²) < 4.78 is 0. The second kappa shape index (κ2) is 4.33. The molecule has 2 aromatic rings. The summed E-state index contributed by atoms with van der Waals surface area (Å²) in [4.78, 5) is 11.0. The molecule has 0 unspecified atom stereocenters. The number of carboxylic acids is 1. The predicted molar refractivity (Wildman–Crippen MR) is 61.4 cm³/mol. The average Bonchev–Trinajstić information content (AvgIpc) is 2.30. The second-order valence-electron chi connectivity index (χ2n) is 3.64. The Morgan fingerprint density at radius 1 is 1.12 bits per heavy atom. The minimum absolute atomic E-state index is 0.386. The van der Waals surface area contributed by atoms with E-state index in [1.165, 1.54) is 0 Å². The van der Waals surface area contributed by atoms with Crippen molar-refractivity contribution in [1.82, 2.24) is 0 Å². The predicted octanol–water partition coefficient (Wildman–Crippen LogP) is 2.00. The fraction of sp³-hybridized carbons (Fsp3) is 0.154. The molecule has 3 nitrogen and oxygen atoms in total. The van der Waals surface area contributed by atoms with Crippen LogP contribution in [0.25, 0.3) is 10.8 Å². The van der Waals surface area contributed by atoms with Crippen molar-refractivity contribution in [3.63, 3.8) is 0 Å². The largest absolute Gasteiger partial charge is 0.481 e. The third kappa shape index (κ3) is 1.77. The van der Waals surface area contributed by atoms with Crippen molar-refractivity contribution in [3.8, 4) is 0 Å². The van der Waals surface area contributed by atoms with Crippen LogP contribution in [0, 0.1) is 0 Å². The number of aliphatic carboxylic acids is 1. The first kappa shape index (κ1) is 10.6. The highest BCUT2D eigenvalue weighted by Crippen LogP contribution is 2.25. The molecule has 0 bridgehead atoms. The van der Waals surface area contributed by atoms with E-state index in [1.807, 2.05) is 36.4 Å². The van der Waals surface area contributed by atoms with Crippen LogP contribution < -0.4 is 0 Å². The maximum atomic E-state index is 11.0. The molecule has 0 aliphatic rings. The Balaban J connectivity index is 2.63. The van der Waals surface area contributed by atoms with E-state index in [0.29, 0.717) is 5.56 Å². The van der Waals surface area contributed by atoms with E-state index in [4.69, 9.17) is 10.2 Å². The first-order valence-corrected chi connectivity index (χ1v) is 5.05. The summed E-state index contributed by atoms with van der Waals surface area (Å²) in [7, 11) is 0. The summed E-state index contributed by atoms with van der Waals surface area (Å²) >= 11 is 0. The Bertz CT molecular complexity index is 514. The van der Waals surface area contributed by atoms with E-state index in [0.717, 1.165) is 10.8 Å². The SMILES string of the molecule is O=C(O)[C@@H](CO)c1cccc2ccccc12. The van der Waals surface area contributed by atoms with E-state index < -0.39 is 11.9 Å². The molecule has 0 spiro atoms.